The average Bonchev–Trinajstić information content (AvgIpc) is 3.26. The molecule has 3 rings (SSSR count). The maximum absolute atomic E-state index is 4.26. The van der Waals surface area contributed by atoms with Crippen molar-refractivity contribution in [3.8, 4) is 0 Å². The first-order chi connectivity index (χ1) is 12.2. The van der Waals surface area contributed by atoms with Crippen LogP contribution in [0.1, 0.15) is 17.5 Å². The summed E-state index contributed by atoms with van der Waals surface area (Å²) >= 11 is 4.26. The van der Waals surface area contributed by atoms with Crippen molar-refractivity contribution in [2.75, 3.05) is 11.9 Å². The summed E-state index contributed by atoms with van der Waals surface area (Å²) in [4.78, 5) is 0. The molecule has 1 N–H and O–H groups in total. The fraction of sp³-hybridized carbons (Fsp3) is 0.250. The van der Waals surface area contributed by atoms with Gasteiger partial charge >= 0.3 is 0 Å². The normalized spacial score (nSPS) is 11.3. The maximum Gasteiger partial charge on any atom is 0.244 e. The van der Waals surface area contributed by atoms with E-state index < -0.39 is 0 Å². The van der Waals surface area contributed by atoms with Crippen LogP contribution >= 0.6 is 12.6 Å². The predicted octanol–water partition coefficient (Wildman–Crippen LogP) is 3.67. The molecule has 3 aromatic rings. The van der Waals surface area contributed by atoms with Gasteiger partial charge in [0.15, 0.2) is 0 Å². The second-order valence-electron chi connectivity index (χ2n) is 6.15. The summed E-state index contributed by atoms with van der Waals surface area (Å²) in [5, 5.41) is 3.48. The van der Waals surface area contributed by atoms with Crippen molar-refractivity contribution in [1.29, 1.82) is 0 Å². The van der Waals surface area contributed by atoms with Crippen molar-refractivity contribution in [2.24, 2.45) is 7.05 Å². The quantitative estimate of drug-likeness (QED) is 0.361. The number of hydrogen-bond donors (Lipinski definition) is 2. The Morgan fingerprint density at radius 2 is 1.88 bits per heavy atom. The van der Waals surface area contributed by atoms with Crippen LogP contribution in [0.25, 0.3) is 12.2 Å². The minimum atomic E-state index is 0.719. The summed E-state index contributed by atoms with van der Waals surface area (Å²) in [7, 11) is 2.03. The third kappa shape index (κ3) is 5.29. The van der Waals surface area contributed by atoms with Crippen LogP contribution in [-0.2, 0) is 19.5 Å². The third-order valence-corrected chi connectivity index (χ3v) is 4.39. The Morgan fingerprint density at radius 1 is 1.08 bits per heavy atom. The van der Waals surface area contributed by atoms with E-state index in [9.17, 15) is 0 Å². The summed E-state index contributed by atoms with van der Waals surface area (Å²) in [6.07, 6.45) is 15.7. The zero-order valence-electron chi connectivity index (χ0n) is 14.5. The Hall–Kier alpha value is -2.40. The monoisotopic (exact) mass is 353 g/mol. The van der Waals surface area contributed by atoms with Crippen LogP contribution in [-0.4, -0.2) is 15.7 Å². The third-order valence-electron chi connectivity index (χ3n) is 4.07. The van der Waals surface area contributed by atoms with Crippen LogP contribution in [0.5, 0.6) is 0 Å². The topological polar surface area (TPSA) is 25.8 Å². The lowest BCUT2D eigenvalue weighted by Gasteiger charge is -2.05. The van der Waals surface area contributed by atoms with Crippen LogP contribution in [0.15, 0.2) is 61.4 Å². The zero-order valence-corrected chi connectivity index (χ0v) is 15.4. The van der Waals surface area contributed by atoms with Gasteiger partial charge in [-0.3, -0.25) is 0 Å². The van der Waals surface area contributed by atoms with Gasteiger partial charge in [0.2, 0.25) is 6.33 Å². The number of rotatable bonds is 8. The molecule has 1 aromatic carbocycles. The molecule has 0 fully saturated rings. The van der Waals surface area contributed by atoms with E-state index in [1.165, 1.54) is 11.1 Å². The number of nitrogens with zero attached hydrogens (tertiary/aromatic N) is 3. The van der Waals surface area contributed by atoms with Gasteiger partial charge in [-0.15, -0.1) is 12.6 Å². The van der Waals surface area contributed by atoms with E-state index in [-0.39, 0.29) is 0 Å². The zero-order chi connectivity index (χ0) is 17.5. The second kappa shape index (κ2) is 8.62. The number of imidazole rings is 1. The van der Waals surface area contributed by atoms with E-state index in [0.717, 1.165) is 31.1 Å². The molecule has 25 heavy (non-hydrogen) atoms. The Bertz CT molecular complexity index is 814. The Morgan fingerprint density at radius 3 is 2.56 bits per heavy atom. The van der Waals surface area contributed by atoms with E-state index in [1.807, 2.05) is 13.2 Å². The molecular formula is C20H25N4S+. The van der Waals surface area contributed by atoms with Crippen LogP contribution in [0.2, 0.25) is 0 Å². The van der Waals surface area contributed by atoms with Crippen molar-refractivity contribution in [1.82, 2.24) is 9.13 Å². The summed E-state index contributed by atoms with van der Waals surface area (Å²) in [6.45, 7) is 1.96. The van der Waals surface area contributed by atoms with Crippen molar-refractivity contribution >= 4 is 30.5 Å². The van der Waals surface area contributed by atoms with E-state index in [0.29, 0.717) is 0 Å². The molecule has 0 aliphatic carbocycles. The van der Waals surface area contributed by atoms with Crippen molar-refractivity contribution < 1.29 is 4.57 Å². The number of hydrogen-bond acceptors (Lipinski definition) is 2. The van der Waals surface area contributed by atoms with Crippen molar-refractivity contribution in [3.63, 3.8) is 0 Å². The van der Waals surface area contributed by atoms with Gasteiger partial charge in [-0.05, 0) is 29.3 Å². The molecule has 0 spiro atoms. The van der Waals surface area contributed by atoms with E-state index in [2.05, 4.69) is 99.0 Å². The molecule has 0 amide bonds. The summed E-state index contributed by atoms with van der Waals surface area (Å²) in [6, 6.07) is 10.7. The van der Waals surface area contributed by atoms with E-state index >= 15 is 0 Å². The number of benzene rings is 1. The second-order valence-corrected chi connectivity index (χ2v) is 6.44. The number of aromatic nitrogens is 3. The highest BCUT2D eigenvalue weighted by atomic mass is 32.1. The van der Waals surface area contributed by atoms with Crippen LogP contribution in [0.3, 0.4) is 0 Å². The minimum Gasteiger partial charge on any atom is -0.385 e. The molecule has 2 aromatic heterocycles. The molecule has 2 heterocycles. The fourth-order valence-corrected chi connectivity index (χ4v) is 2.84. The molecule has 0 bridgehead atoms. The van der Waals surface area contributed by atoms with Crippen LogP contribution in [0.4, 0.5) is 5.69 Å². The summed E-state index contributed by atoms with van der Waals surface area (Å²) < 4.78 is 6.30. The first-order valence-electron chi connectivity index (χ1n) is 8.52. The van der Waals surface area contributed by atoms with Gasteiger partial charge in [-0.2, -0.15) is 0 Å². The molecule has 130 valence electrons. The minimum absolute atomic E-state index is 0.719. The van der Waals surface area contributed by atoms with Crippen molar-refractivity contribution in [2.45, 2.75) is 18.8 Å². The molecule has 0 unspecified atom stereocenters. The fourth-order valence-electron chi connectivity index (χ4n) is 2.68. The first kappa shape index (κ1) is 17.4. The Kier molecular flexibility index (Phi) is 6.01. The largest absolute Gasteiger partial charge is 0.385 e. The van der Waals surface area contributed by atoms with Gasteiger partial charge in [-0.1, -0.05) is 24.3 Å². The molecule has 5 heteroatoms. The van der Waals surface area contributed by atoms with Crippen molar-refractivity contribution in [3.05, 3.63) is 72.6 Å². The highest BCUT2D eigenvalue weighted by Gasteiger charge is 2.01. The lowest BCUT2D eigenvalue weighted by atomic mass is 10.1. The van der Waals surface area contributed by atoms with E-state index in [4.69, 9.17) is 0 Å². The molecular weight excluding hydrogens is 328 g/mol. The Balaban J connectivity index is 1.43. The number of thiol groups is 1. The summed E-state index contributed by atoms with van der Waals surface area (Å²) in [5.74, 6) is 0.719. The van der Waals surface area contributed by atoms with Crippen LogP contribution in [0, 0.1) is 0 Å². The summed E-state index contributed by atoms with van der Waals surface area (Å²) in [5.41, 5.74) is 3.58. The predicted molar refractivity (Wildman–Crippen MR) is 108 cm³/mol. The van der Waals surface area contributed by atoms with Gasteiger partial charge in [0.05, 0.1) is 6.54 Å². The molecule has 0 atom stereocenters. The average molecular weight is 354 g/mol. The van der Waals surface area contributed by atoms with Gasteiger partial charge in [0.1, 0.15) is 18.3 Å². The number of aryl methyl sites for hydroxylation is 2. The first-order valence-corrected chi connectivity index (χ1v) is 9.16. The number of nitrogens with one attached hydrogen (secondary N) is 1. The smallest absolute Gasteiger partial charge is 0.244 e. The Labute approximate surface area is 154 Å². The molecule has 0 saturated heterocycles. The lowest BCUT2D eigenvalue weighted by molar-refractivity contribution is -0.675. The molecule has 0 radical (unpaired) electrons. The highest BCUT2D eigenvalue weighted by molar-refractivity contribution is 7.78. The molecule has 0 saturated carbocycles. The molecule has 0 aliphatic rings. The van der Waals surface area contributed by atoms with Gasteiger partial charge in [0, 0.05) is 38.1 Å². The van der Waals surface area contributed by atoms with Crippen LogP contribution < -0.4 is 9.88 Å². The SMILES string of the molecule is Cn1ccc(/C=C/c2ccc(NCCCn3cc[n+](CS)c3)cc2)c1. The molecule has 4 nitrogen and oxygen atoms in total. The van der Waals surface area contributed by atoms with Gasteiger partial charge < -0.3 is 9.88 Å². The van der Waals surface area contributed by atoms with E-state index in [1.54, 1.807) is 0 Å². The maximum atomic E-state index is 4.26. The molecule has 0 aliphatic heterocycles. The lowest BCUT2D eigenvalue weighted by Crippen LogP contribution is -2.27. The standard InChI is InChI=1S/C20H24N4S/c1-22-12-9-19(15-22)4-3-18-5-7-20(8-6-18)21-10-2-11-23-13-14-24(16-23)17-25/h3-9,12-16,21H,2,10-11,17H2,1H3/p+1/b4-3+. The van der Waals surface area contributed by atoms with Gasteiger partial charge in [0.25, 0.3) is 0 Å². The number of anilines is 1. The van der Waals surface area contributed by atoms with Gasteiger partial charge in [-0.25, -0.2) is 9.13 Å². The highest BCUT2D eigenvalue weighted by Crippen LogP contribution is 2.13.